The molecule has 0 aliphatic heterocycles. The summed E-state index contributed by atoms with van der Waals surface area (Å²) in [6.07, 6.45) is 0. The molecular weight excluding hydrogens is 355 g/mol. The molecule has 1 N–H and O–H groups in total. The number of aliphatic hydroxyl groups is 1. The molecule has 17 heavy (non-hydrogen) atoms. The van der Waals surface area contributed by atoms with Crippen LogP contribution in [0.4, 0.5) is 4.39 Å². The highest BCUT2D eigenvalue weighted by molar-refractivity contribution is 9.24. The van der Waals surface area contributed by atoms with Crippen molar-refractivity contribution in [2.24, 2.45) is 0 Å². The van der Waals surface area contributed by atoms with Crippen molar-refractivity contribution in [2.75, 3.05) is 0 Å². The van der Waals surface area contributed by atoms with Gasteiger partial charge in [-0.25, -0.2) is 4.39 Å². The van der Waals surface area contributed by atoms with Gasteiger partial charge in [0.25, 0.3) is 0 Å². The first-order valence-electron chi connectivity index (χ1n) is 4.99. The Labute approximate surface area is 116 Å². The quantitative estimate of drug-likeness (QED) is 0.652. The summed E-state index contributed by atoms with van der Waals surface area (Å²) in [5.41, 5.74) is -1.05. The summed E-state index contributed by atoms with van der Waals surface area (Å²) >= 11 is 6.52. The molecule has 0 radical (unpaired) electrons. The molecule has 0 aliphatic rings. The lowest BCUT2D eigenvalue weighted by Crippen LogP contribution is -2.38. The third-order valence-electron chi connectivity index (χ3n) is 2.48. The molecule has 0 aliphatic carbocycles. The third-order valence-corrected chi connectivity index (χ3v) is 5.28. The second-order valence-electron chi connectivity index (χ2n) is 4.36. The summed E-state index contributed by atoms with van der Waals surface area (Å²) in [7, 11) is 0. The normalized spacial score (nSPS) is 12.6. The minimum absolute atomic E-state index is 0.00928. The zero-order chi connectivity index (χ0) is 13.4. The van der Waals surface area contributed by atoms with Crippen LogP contribution in [-0.2, 0) is 3.23 Å². The zero-order valence-electron chi connectivity index (χ0n) is 9.72. The van der Waals surface area contributed by atoms with Crippen molar-refractivity contribution in [3.63, 3.8) is 0 Å². The van der Waals surface area contributed by atoms with Crippen molar-refractivity contribution >= 4 is 37.6 Å². The number of halogens is 3. The molecule has 0 atom stereocenters. The smallest absolute Gasteiger partial charge is 0.162 e. The van der Waals surface area contributed by atoms with E-state index in [0.29, 0.717) is 0 Å². The van der Waals surface area contributed by atoms with Gasteiger partial charge in [0.05, 0.1) is 11.2 Å². The number of carbonyl (C=O) groups is 1. The molecule has 0 fully saturated rings. The van der Waals surface area contributed by atoms with E-state index in [2.05, 4.69) is 31.9 Å². The van der Waals surface area contributed by atoms with Gasteiger partial charge in [0, 0.05) is 5.56 Å². The molecule has 0 bridgehead atoms. The molecule has 5 heteroatoms. The molecule has 0 aromatic heterocycles. The van der Waals surface area contributed by atoms with Gasteiger partial charge >= 0.3 is 0 Å². The lowest BCUT2D eigenvalue weighted by molar-refractivity contribution is 0.0696. The fourth-order valence-corrected chi connectivity index (χ4v) is 1.99. The summed E-state index contributed by atoms with van der Waals surface area (Å²) in [6, 6.07) is 4.52. The van der Waals surface area contributed by atoms with Crippen molar-refractivity contribution in [2.45, 2.75) is 29.6 Å². The number of rotatable bonds is 3. The van der Waals surface area contributed by atoms with Crippen LogP contribution in [0, 0.1) is 5.82 Å². The summed E-state index contributed by atoms with van der Waals surface area (Å²) in [5, 5.41) is 10.0. The maximum Gasteiger partial charge on any atom is 0.162 e. The Kier molecular flexibility index (Phi) is 4.16. The summed E-state index contributed by atoms with van der Waals surface area (Å²) in [6.45, 7) is 4.38. The molecule has 0 heterocycles. The minimum Gasteiger partial charge on any atom is -0.388 e. The maximum atomic E-state index is 14.2. The Morgan fingerprint density at radius 2 is 1.88 bits per heavy atom. The van der Waals surface area contributed by atoms with Gasteiger partial charge in [0.1, 0.15) is 9.05 Å². The van der Waals surface area contributed by atoms with Crippen LogP contribution in [-0.4, -0.2) is 16.5 Å². The highest BCUT2D eigenvalue weighted by Crippen LogP contribution is 2.48. The van der Waals surface area contributed by atoms with E-state index in [9.17, 15) is 14.3 Å². The van der Waals surface area contributed by atoms with Crippen LogP contribution in [0.5, 0.6) is 0 Å². The Balaban J connectivity index is 3.44. The molecule has 0 saturated carbocycles. The van der Waals surface area contributed by atoms with Gasteiger partial charge < -0.3 is 5.11 Å². The van der Waals surface area contributed by atoms with E-state index in [0.717, 1.165) is 0 Å². The largest absolute Gasteiger partial charge is 0.388 e. The van der Waals surface area contributed by atoms with Crippen LogP contribution in [0.3, 0.4) is 0 Å². The van der Waals surface area contributed by atoms with Gasteiger partial charge in [-0.1, -0.05) is 44.0 Å². The number of alkyl halides is 2. The monoisotopic (exact) mass is 366 g/mol. The Hall–Kier alpha value is -0.260. The van der Waals surface area contributed by atoms with Crippen molar-refractivity contribution < 1.29 is 14.3 Å². The van der Waals surface area contributed by atoms with Gasteiger partial charge in [0.15, 0.2) is 5.78 Å². The van der Waals surface area contributed by atoms with E-state index in [1.54, 1.807) is 6.07 Å². The van der Waals surface area contributed by atoms with Crippen molar-refractivity contribution in [3.05, 3.63) is 35.1 Å². The number of ketones is 1. The Bertz CT molecular complexity index is 450. The van der Waals surface area contributed by atoms with Gasteiger partial charge in [0.2, 0.25) is 0 Å². The molecule has 1 rings (SSSR count). The van der Waals surface area contributed by atoms with E-state index in [-0.39, 0.29) is 16.9 Å². The number of carbonyl (C=O) groups excluding carboxylic acids is 1. The number of hydrogen-bond acceptors (Lipinski definition) is 2. The first kappa shape index (κ1) is 14.8. The lowest BCUT2D eigenvalue weighted by atomic mass is 9.95. The fourth-order valence-electron chi connectivity index (χ4n) is 1.38. The molecule has 0 unspecified atom stereocenters. The predicted molar refractivity (Wildman–Crippen MR) is 72.2 cm³/mol. The number of benzene rings is 1. The van der Waals surface area contributed by atoms with Crippen LogP contribution in [0.1, 0.15) is 36.7 Å². The predicted octanol–water partition coefficient (Wildman–Crippen LogP) is 3.74. The van der Waals surface area contributed by atoms with Crippen LogP contribution >= 0.6 is 31.9 Å². The standard InChI is InChI=1S/C12H13Br2FO2/c1-7(16)8-5-4-6-9(10(8)15)12(13,14)11(2,3)17/h4-6,17H,1-3H3. The van der Waals surface area contributed by atoms with Crippen LogP contribution in [0.25, 0.3) is 0 Å². The van der Waals surface area contributed by atoms with E-state index in [4.69, 9.17) is 0 Å². The highest BCUT2D eigenvalue weighted by Gasteiger charge is 2.43. The topological polar surface area (TPSA) is 37.3 Å². The van der Waals surface area contributed by atoms with Crippen molar-refractivity contribution in [1.29, 1.82) is 0 Å². The molecule has 0 amide bonds. The summed E-state index contributed by atoms with van der Waals surface area (Å²) in [4.78, 5) is 11.3. The Morgan fingerprint density at radius 1 is 1.35 bits per heavy atom. The molecule has 1 aromatic rings. The zero-order valence-corrected chi connectivity index (χ0v) is 12.9. The molecular formula is C12H13Br2FO2. The van der Waals surface area contributed by atoms with Gasteiger partial charge in [-0.15, -0.1) is 0 Å². The van der Waals surface area contributed by atoms with E-state index in [1.807, 2.05) is 0 Å². The first-order chi connectivity index (χ1) is 7.59. The number of hydrogen-bond donors (Lipinski definition) is 1. The molecule has 1 aromatic carbocycles. The van der Waals surface area contributed by atoms with E-state index >= 15 is 0 Å². The summed E-state index contributed by atoms with van der Waals surface area (Å²) in [5.74, 6) is -0.980. The third kappa shape index (κ3) is 2.77. The molecule has 94 valence electrons. The van der Waals surface area contributed by atoms with Gasteiger partial charge in [-0.05, 0) is 26.8 Å². The average molecular weight is 368 g/mol. The fraction of sp³-hybridized carbons (Fsp3) is 0.417. The Morgan fingerprint density at radius 3 is 2.29 bits per heavy atom. The molecule has 0 saturated heterocycles. The first-order valence-corrected chi connectivity index (χ1v) is 6.57. The van der Waals surface area contributed by atoms with E-state index < -0.39 is 14.7 Å². The van der Waals surface area contributed by atoms with E-state index in [1.165, 1.54) is 32.9 Å². The second kappa shape index (κ2) is 4.78. The van der Waals surface area contributed by atoms with Gasteiger partial charge in [-0.3, -0.25) is 4.79 Å². The van der Waals surface area contributed by atoms with Crippen molar-refractivity contribution in [1.82, 2.24) is 0 Å². The van der Waals surface area contributed by atoms with Gasteiger partial charge in [-0.2, -0.15) is 0 Å². The van der Waals surface area contributed by atoms with Crippen molar-refractivity contribution in [3.8, 4) is 0 Å². The maximum absolute atomic E-state index is 14.2. The number of Topliss-reactive ketones (excluding diaryl/α,β-unsaturated/α-hetero) is 1. The molecule has 2 nitrogen and oxygen atoms in total. The molecule has 0 spiro atoms. The average Bonchev–Trinajstić information content (AvgIpc) is 2.15. The van der Waals surface area contributed by atoms with Crippen LogP contribution in [0.2, 0.25) is 0 Å². The second-order valence-corrected chi connectivity index (χ2v) is 7.80. The van der Waals surface area contributed by atoms with Crippen LogP contribution in [0.15, 0.2) is 18.2 Å². The lowest BCUT2D eigenvalue weighted by Gasteiger charge is -2.34. The van der Waals surface area contributed by atoms with Crippen LogP contribution < -0.4 is 0 Å². The highest BCUT2D eigenvalue weighted by atomic mass is 79.9. The SMILES string of the molecule is CC(=O)c1cccc(C(Br)(Br)C(C)(C)O)c1F. The minimum atomic E-state index is -1.25. The summed E-state index contributed by atoms with van der Waals surface area (Å²) < 4.78 is 13.0.